The van der Waals surface area contributed by atoms with Gasteiger partial charge in [0.05, 0.1) is 11.9 Å². The number of carbonyl (C=O) groups is 1. The van der Waals surface area contributed by atoms with Crippen LogP contribution < -0.4 is 11.5 Å². The first-order valence-corrected chi connectivity index (χ1v) is 5.69. The number of carbonyl (C=O) groups excluding carboxylic acids is 1. The highest BCUT2D eigenvalue weighted by Crippen LogP contribution is 2.09. The molecule has 0 radical (unpaired) electrons. The van der Waals surface area contributed by atoms with Gasteiger partial charge in [-0.1, -0.05) is 0 Å². The normalized spacial score (nSPS) is 9.85. The topological polar surface area (TPSA) is 136 Å². The van der Waals surface area contributed by atoms with Crippen molar-refractivity contribution >= 4 is 22.9 Å². The number of pyridine rings is 1. The minimum atomic E-state index is -0.425. The number of aromatic nitrogens is 5. The molecule has 0 aliphatic rings. The Hall–Kier alpha value is -3.03. The van der Waals surface area contributed by atoms with Gasteiger partial charge < -0.3 is 16.5 Å². The lowest BCUT2D eigenvalue weighted by Crippen LogP contribution is -2.12. The molecule has 20 heavy (non-hydrogen) atoms. The Kier molecular flexibility index (Phi) is 3.85. The average Bonchev–Trinajstić information content (AvgIpc) is 2.89. The lowest BCUT2D eigenvalue weighted by atomic mass is 10.1. The highest BCUT2D eigenvalue weighted by atomic mass is 16.1. The summed E-state index contributed by atoms with van der Waals surface area (Å²) in [6, 6.07) is 1.75. The molecule has 5 N–H and O–H groups in total. The highest BCUT2D eigenvalue weighted by molar-refractivity contribution is 5.93. The molecule has 3 heterocycles. The summed E-state index contributed by atoms with van der Waals surface area (Å²) in [7, 11) is 0. The van der Waals surface area contributed by atoms with Gasteiger partial charge in [0.1, 0.15) is 11.8 Å². The van der Waals surface area contributed by atoms with E-state index < -0.39 is 5.91 Å². The van der Waals surface area contributed by atoms with Crippen LogP contribution in [0.4, 0.5) is 5.82 Å². The standard InChI is InChI=1S/C7H8N2O.C5H5N5/c1-5-2-3-9-4-6(5)7(8)10;6-4-3-5(9-1-7-3)10-2-8-4/h2-4H,1H3,(H2,8,10);1-2H,(H3,6,7,8,9,10). The summed E-state index contributed by atoms with van der Waals surface area (Å²) in [5.41, 5.74) is 13.2. The second kappa shape index (κ2) is 5.74. The van der Waals surface area contributed by atoms with Crippen molar-refractivity contribution in [2.45, 2.75) is 6.92 Å². The van der Waals surface area contributed by atoms with Gasteiger partial charge in [0.2, 0.25) is 0 Å². The quantitative estimate of drug-likeness (QED) is 0.586. The molecule has 3 aromatic rings. The number of nitrogen functional groups attached to an aromatic ring is 1. The first-order chi connectivity index (χ1) is 9.59. The molecule has 0 aliphatic carbocycles. The molecule has 0 spiro atoms. The van der Waals surface area contributed by atoms with Gasteiger partial charge in [0, 0.05) is 12.4 Å². The Labute approximate surface area is 114 Å². The fourth-order valence-electron chi connectivity index (χ4n) is 1.51. The lowest BCUT2D eigenvalue weighted by molar-refractivity contribution is 0.0999. The van der Waals surface area contributed by atoms with Gasteiger partial charge in [-0.15, -0.1) is 0 Å². The number of hydrogen-bond acceptors (Lipinski definition) is 6. The van der Waals surface area contributed by atoms with E-state index in [0.29, 0.717) is 22.5 Å². The molecule has 0 aromatic carbocycles. The van der Waals surface area contributed by atoms with Gasteiger partial charge in [-0.05, 0) is 18.6 Å². The number of hydrogen-bond donors (Lipinski definition) is 3. The molecule has 0 aliphatic heterocycles. The SMILES string of the molecule is Cc1ccncc1C(N)=O.Nc1ncnc2[nH]cnc12. The second-order valence-corrected chi connectivity index (χ2v) is 3.91. The Morgan fingerprint density at radius 2 is 2.10 bits per heavy atom. The monoisotopic (exact) mass is 271 g/mol. The van der Waals surface area contributed by atoms with Gasteiger partial charge in [0.15, 0.2) is 11.5 Å². The third-order valence-electron chi connectivity index (χ3n) is 2.55. The molecule has 3 rings (SSSR count). The van der Waals surface area contributed by atoms with E-state index in [2.05, 4.69) is 24.9 Å². The number of rotatable bonds is 1. The summed E-state index contributed by atoms with van der Waals surface area (Å²) in [4.78, 5) is 28.8. The van der Waals surface area contributed by atoms with Crippen molar-refractivity contribution in [1.29, 1.82) is 0 Å². The molecule has 0 bridgehead atoms. The summed E-state index contributed by atoms with van der Waals surface area (Å²) in [6.07, 6.45) is 6.03. The number of aryl methyl sites for hydroxylation is 1. The number of H-pyrrole nitrogens is 1. The molecule has 1 amide bonds. The first-order valence-electron chi connectivity index (χ1n) is 5.69. The summed E-state index contributed by atoms with van der Waals surface area (Å²) in [5.74, 6) is -0.0168. The van der Waals surface area contributed by atoms with Crippen molar-refractivity contribution in [2.24, 2.45) is 5.73 Å². The summed E-state index contributed by atoms with van der Waals surface area (Å²) in [6.45, 7) is 1.82. The van der Waals surface area contributed by atoms with E-state index in [-0.39, 0.29) is 0 Å². The van der Waals surface area contributed by atoms with Crippen LogP contribution in [-0.2, 0) is 0 Å². The van der Waals surface area contributed by atoms with Crippen molar-refractivity contribution in [3.05, 3.63) is 42.2 Å². The van der Waals surface area contributed by atoms with E-state index in [4.69, 9.17) is 11.5 Å². The van der Waals surface area contributed by atoms with Crippen molar-refractivity contribution in [3.63, 3.8) is 0 Å². The van der Waals surface area contributed by atoms with Crippen molar-refractivity contribution in [2.75, 3.05) is 5.73 Å². The van der Waals surface area contributed by atoms with Crippen LogP contribution in [0.2, 0.25) is 0 Å². The maximum atomic E-state index is 10.6. The third-order valence-corrected chi connectivity index (χ3v) is 2.55. The van der Waals surface area contributed by atoms with Crippen LogP contribution in [0.1, 0.15) is 15.9 Å². The van der Waals surface area contributed by atoms with Gasteiger partial charge in [-0.25, -0.2) is 15.0 Å². The van der Waals surface area contributed by atoms with Crippen LogP contribution in [0.15, 0.2) is 31.1 Å². The van der Waals surface area contributed by atoms with Crippen LogP contribution in [0.3, 0.4) is 0 Å². The van der Waals surface area contributed by atoms with E-state index in [1.807, 2.05) is 6.92 Å². The number of aromatic amines is 1. The Morgan fingerprint density at radius 1 is 1.30 bits per heavy atom. The number of nitrogens with one attached hydrogen (secondary N) is 1. The maximum Gasteiger partial charge on any atom is 0.250 e. The zero-order valence-corrected chi connectivity index (χ0v) is 10.7. The molecule has 0 saturated carbocycles. The van der Waals surface area contributed by atoms with Crippen LogP contribution in [0, 0.1) is 6.92 Å². The van der Waals surface area contributed by atoms with E-state index in [1.165, 1.54) is 18.9 Å². The molecule has 0 unspecified atom stereocenters. The molecular formula is C12H13N7O. The smallest absolute Gasteiger partial charge is 0.250 e. The number of nitrogens with zero attached hydrogens (tertiary/aromatic N) is 4. The van der Waals surface area contributed by atoms with E-state index in [9.17, 15) is 4.79 Å². The maximum absolute atomic E-state index is 10.6. The average molecular weight is 271 g/mol. The Bertz CT molecular complexity index is 737. The molecule has 3 aromatic heterocycles. The molecule has 0 atom stereocenters. The number of nitrogens with two attached hydrogens (primary N) is 2. The predicted molar refractivity (Wildman–Crippen MR) is 73.6 cm³/mol. The van der Waals surface area contributed by atoms with E-state index in [1.54, 1.807) is 12.3 Å². The molecule has 8 nitrogen and oxygen atoms in total. The minimum Gasteiger partial charge on any atom is -0.382 e. The van der Waals surface area contributed by atoms with Gasteiger partial charge >= 0.3 is 0 Å². The van der Waals surface area contributed by atoms with Crippen LogP contribution in [0.5, 0.6) is 0 Å². The van der Waals surface area contributed by atoms with Crippen molar-refractivity contribution < 1.29 is 4.79 Å². The third kappa shape index (κ3) is 2.86. The van der Waals surface area contributed by atoms with Crippen molar-refractivity contribution in [1.82, 2.24) is 24.9 Å². The van der Waals surface area contributed by atoms with Crippen LogP contribution >= 0.6 is 0 Å². The Morgan fingerprint density at radius 3 is 2.70 bits per heavy atom. The molecule has 102 valence electrons. The zero-order valence-electron chi connectivity index (χ0n) is 10.7. The molecule has 8 heteroatoms. The Balaban J connectivity index is 0.000000147. The van der Waals surface area contributed by atoms with E-state index >= 15 is 0 Å². The first kappa shape index (κ1) is 13.4. The van der Waals surface area contributed by atoms with Gasteiger partial charge in [0.25, 0.3) is 5.91 Å². The van der Waals surface area contributed by atoms with Crippen molar-refractivity contribution in [3.8, 4) is 0 Å². The fourth-order valence-corrected chi connectivity index (χ4v) is 1.51. The van der Waals surface area contributed by atoms with Gasteiger partial charge in [-0.3, -0.25) is 9.78 Å². The summed E-state index contributed by atoms with van der Waals surface area (Å²) in [5, 5.41) is 0. The summed E-state index contributed by atoms with van der Waals surface area (Å²) < 4.78 is 0. The van der Waals surface area contributed by atoms with Crippen LogP contribution in [0.25, 0.3) is 11.2 Å². The number of fused-ring (bicyclic) bond motifs is 1. The van der Waals surface area contributed by atoms with Gasteiger partial charge in [-0.2, -0.15) is 0 Å². The number of anilines is 1. The summed E-state index contributed by atoms with van der Waals surface area (Å²) >= 11 is 0. The molecular weight excluding hydrogens is 258 g/mol. The number of imidazole rings is 1. The lowest BCUT2D eigenvalue weighted by Gasteiger charge is -1.96. The second-order valence-electron chi connectivity index (χ2n) is 3.91. The number of amides is 1. The van der Waals surface area contributed by atoms with Crippen LogP contribution in [-0.4, -0.2) is 30.8 Å². The minimum absolute atomic E-state index is 0.409. The van der Waals surface area contributed by atoms with E-state index in [0.717, 1.165) is 5.56 Å². The molecule has 0 fully saturated rings. The zero-order chi connectivity index (χ0) is 14.5. The highest BCUT2D eigenvalue weighted by Gasteiger charge is 2.01. The molecule has 0 saturated heterocycles. The predicted octanol–water partition coefficient (Wildman–Crippen LogP) is 0.424. The fraction of sp³-hybridized carbons (Fsp3) is 0.0833. The number of primary amides is 1. The largest absolute Gasteiger partial charge is 0.382 e.